The number of carbonyl (C=O) groups is 2. The number of cyclic esters (lactones) is 1. The van der Waals surface area contributed by atoms with Crippen LogP contribution in [0.2, 0.25) is 0 Å². The van der Waals surface area contributed by atoms with E-state index in [1.54, 1.807) is 6.92 Å². The summed E-state index contributed by atoms with van der Waals surface area (Å²) < 4.78 is 10.2. The maximum absolute atomic E-state index is 12.3. The maximum atomic E-state index is 12.3. The highest BCUT2D eigenvalue weighted by molar-refractivity contribution is 5.87. The van der Waals surface area contributed by atoms with E-state index in [1.807, 2.05) is 0 Å². The fourth-order valence-electron chi connectivity index (χ4n) is 5.60. The predicted octanol–water partition coefficient (Wildman–Crippen LogP) is -0.882. The first-order chi connectivity index (χ1) is 10.1. The van der Waals surface area contributed by atoms with Gasteiger partial charge in [0.05, 0.1) is 16.6 Å². The number of hydrogen-bond acceptors (Lipinski definition) is 7. The Morgan fingerprint density at radius 2 is 1.91 bits per heavy atom. The van der Waals surface area contributed by atoms with Gasteiger partial charge in [0, 0.05) is 5.92 Å². The van der Waals surface area contributed by atoms with Crippen molar-refractivity contribution in [1.82, 2.24) is 0 Å². The lowest BCUT2D eigenvalue weighted by molar-refractivity contribution is -0.336. The van der Waals surface area contributed by atoms with Crippen LogP contribution in [0.3, 0.4) is 0 Å². The van der Waals surface area contributed by atoms with Crippen LogP contribution in [0.4, 0.5) is 0 Å². The van der Waals surface area contributed by atoms with E-state index in [0.717, 1.165) is 0 Å². The molecular formula is C15H20O7. The number of esters is 2. The molecule has 0 aromatic carbocycles. The van der Waals surface area contributed by atoms with Crippen LogP contribution in [0.1, 0.15) is 33.1 Å². The highest BCUT2D eigenvalue weighted by atomic mass is 16.6. The van der Waals surface area contributed by atoms with Crippen LogP contribution in [0.15, 0.2) is 0 Å². The number of carbonyl (C=O) groups excluding carboxylic acids is 2. The van der Waals surface area contributed by atoms with Crippen LogP contribution in [0, 0.1) is 16.7 Å². The lowest BCUT2D eigenvalue weighted by atomic mass is 9.43. The molecule has 2 saturated heterocycles. The zero-order chi connectivity index (χ0) is 16.1. The van der Waals surface area contributed by atoms with Crippen molar-refractivity contribution in [1.29, 1.82) is 0 Å². The van der Waals surface area contributed by atoms with E-state index in [2.05, 4.69) is 0 Å². The summed E-state index contributed by atoms with van der Waals surface area (Å²) in [5.74, 6) is -1.82. The number of aliphatic hydroxyl groups excluding tert-OH is 1. The Morgan fingerprint density at radius 3 is 2.45 bits per heavy atom. The predicted molar refractivity (Wildman–Crippen MR) is 70.3 cm³/mol. The zero-order valence-electron chi connectivity index (χ0n) is 12.5. The molecule has 0 radical (unpaired) electrons. The second-order valence-electron chi connectivity index (χ2n) is 7.52. The Morgan fingerprint density at radius 1 is 1.23 bits per heavy atom. The summed E-state index contributed by atoms with van der Waals surface area (Å²) in [4.78, 5) is 24.4. The summed E-state index contributed by atoms with van der Waals surface area (Å²) in [6, 6.07) is 0. The molecule has 4 fully saturated rings. The van der Waals surface area contributed by atoms with Gasteiger partial charge in [0.1, 0.15) is 18.1 Å². The second kappa shape index (κ2) is 3.66. The third-order valence-corrected chi connectivity index (χ3v) is 7.02. The first-order valence-electron chi connectivity index (χ1n) is 7.65. The molecule has 3 N–H and O–H groups in total. The van der Waals surface area contributed by atoms with Crippen molar-refractivity contribution in [3.05, 3.63) is 0 Å². The molecule has 2 aliphatic heterocycles. The van der Waals surface area contributed by atoms with Crippen LogP contribution >= 0.6 is 0 Å². The van der Waals surface area contributed by atoms with Crippen LogP contribution in [-0.2, 0) is 19.1 Å². The largest absolute Gasteiger partial charge is 0.464 e. The zero-order valence-corrected chi connectivity index (χ0v) is 12.5. The van der Waals surface area contributed by atoms with Gasteiger partial charge < -0.3 is 24.8 Å². The number of ether oxygens (including phenoxy) is 2. The molecule has 2 spiro atoms. The van der Waals surface area contributed by atoms with E-state index in [1.165, 1.54) is 6.92 Å². The Kier molecular flexibility index (Phi) is 2.40. The monoisotopic (exact) mass is 312 g/mol. The van der Waals surface area contributed by atoms with Gasteiger partial charge in [0.2, 0.25) is 0 Å². The second-order valence-corrected chi connectivity index (χ2v) is 7.52. The van der Waals surface area contributed by atoms with Crippen LogP contribution in [-0.4, -0.2) is 57.3 Å². The fraction of sp³-hybridized carbons (Fsp3) is 0.867. The van der Waals surface area contributed by atoms with Gasteiger partial charge in [-0.05, 0) is 26.2 Å². The smallest absolute Gasteiger partial charge is 0.336 e. The van der Waals surface area contributed by atoms with Gasteiger partial charge in [-0.25, -0.2) is 4.79 Å². The third kappa shape index (κ3) is 1.10. The molecule has 7 nitrogen and oxygen atoms in total. The average molecular weight is 312 g/mol. The van der Waals surface area contributed by atoms with E-state index < -0.39 is 52.1 Å². The van der Waals surface area contributed by atoms with Crippen molar-refractivity contribution in [3.8, 4) is 0 Å². The molecule has 2 saturated carbocycles. The first-order valence-corrected chi connectivity index (χ1v) is 7.65. The Labute approximate surface area is 127 Å². The molecule has 0 amide bonds. The van der Waals surface area contributed by atoms with Gasteiger partial charge in [-0.3, -0.25) is 4.79 Å². The Hall–Kier alpha value is -1.18. The Bertz CT molecular complexity index is 586. The Balaban J connectivity index is 2.00. The number of aliphatic hydroxyl groups is 3. The normalized spacial score (nSPS) is 59.6. The first kappa shape index (κ1) is 14.4. The lowest BCUT2D eigenvalue weighted by Crippen LogP contribution is -2.82. The topological polar surface area (TPSA) is 113 Å². The highest BCUT2D eigenvalue weighted by Crippen LogP contribution is 2.72. The highest BCUT2D eigenvalue weighted by Gasteiger charge is 2.85. The van der Waals surface area contributed by atoms with Gasteiger partial charge in [-0.1, -0.05) is 6.92 Å². The van der Waals surface area contributed by atoms with E-state index >= 15 is 0 Å². The molecule has 7 atom stereocenters. The van der Waals surface area contributed by atoms with E-state index in [0.29, 0.717) is 0 Å². The summed E-state index contributed by atoms with van der Waals surface area (Å²) in [5.41, 5.74) is -5.90. The van der Waals surface area contributed by atoms with Crippen molar-refractivity contribution in [2.45, 2.75) is 56.5 Å². The summed E-state index contributed by atoms with van der Waals surface area (Å²) >= 11 is 0. The average Bonchev–Trinajstić information content (AvgIpc) is 2.65. The number of rotatable bonds is 0. The molecule has 22 heavy (non-hydrogen) atoms. The molecule has 0 unspecified atom stereocenters. The molecule has 122 valence electrons. The SMILES string of the molecule is C[C@@H]1[C@H]2C[C@]3([C@@H](O)C(=O)O2)[C@](O)(CC[C@]3(C)O)[C@]12COC2=O. The van der Waals surface area contributed by atoms with Crippen molar-refractivity contribution in [2.75, 3.05) is 6.61 Å². The molecule has 7 heteroatoms. The van der Waals surface area contributed by atoms with E-state index in [-0.39, 0.29) is 25.9 Å². The standard InChI is InChI=1S/C15H20O7/c1-7-8-5-14(9(16)10(17)22-8)12(2,19)3-4-15(14,20)13(7)6-21-11(13)18/h7-9,16,19-20H,3-6H2,1-2H3/t7-,8-,9+,12+,13-,14-,15+/m1/s1. The summed E-state index contributed by atoms with van der Waals surface area (Å²) in [6.07, 6.45) is -1.82. The van der Waals surface area contributed by atoms with Crippen LogP contribution < -0.4 is 0 Å². The van der Waals surface area contributed by atoms with Crippen LogP contribution in [0.25, 0.3) is 0 Å². The van der Waals surface area contributed by atoms with Crippen molar-refractivity contribution in [2.24, 2.45) is 16.7 Å². The molecule has 0 aromatic heterocycles. The minimum Gasteiger partial charge on any atom is -0.464 e. The molecule has 2 bridgehead atoms. The van der Waals surface area contributed by atoms with Gasteiger partial charge >= 0.3 is 11.9 Å². The molecule has 4 rings (SSSR count). The van der Waals surface area contributed by atoms with Crippen molar-refractivity contribution in [3.63, 3.8) is 0 Å². The summed E-state index contributed by atoms with van der Waals surface area (Å²) in [5, 5.41) is 32.9. The van der Waals surface area contributed by atoms with Crippen molar-refractivity contribution < 1.29 is 34.4 Å². The number of fused-ring (bicyclic) bond motifs is 2. The molecule has 4 aliphatic rings. The quantitative estimate of drug-likeness (QED) is 0.498. The minimum absolute atomic E-state index is 0.0160. The molecular weight excluding hydrogens is 292 g/mol. The molecule has 0 aromatic rings. The van der Waals surface area contributed by atoms with Gasteiger partial charge in [0.25, 0.3) is 0 Å². The van der Waals surface area contributed by atoms with Crippen LogP contribution in [0.5, 0.6) is 0 Å². The van der Waals surface area contributed by atoms with E-state index in [4.69, 9.17) is 9.47 Å². The summed E-state index contributed by atoms with van der Waals surface area (Å²) in [6.45, 7) is 3.28. The summed E-state index contributed by atoms with van der Waals surface area (Å²) in [7, 11) is 0. The van der Waals surface area contributed by atoms with Gasteiger partial charge in [-0.15, -0.1) is 0 Å². The number of hydrogen-bond donors (Lipinski definition) is 3. The van der Waals surface area contributed by atoms with Gasteiger partial charge in [0.15, 0.2) is 6.10 Å². The molecule has 2 aliphatic carbocycles. The van der Waals surface area contributed by atoms with Crippen molar-refractivity contribution >= 4 is 11.9 Å². The third-order valence-electron chi connectivity index (χ3n) is 7.02. The minimum atomic E-state index is -1.69. The lowest BCUT2D eigenvalue weighted by Gasteiger charge is -2.67. The van der Waals surface area contributed by atoms with Gasteiger partial charge in [-0.2, -0.15) is 0 Å². The fourth-order valence-corrected chi connectivity index (χ4v) is 5.60. The molecule has 2 heterocycles. The maximum Gasteiger partial charge on any atom is 0.336 e. The van der Waals surface area contributed by atoms with E-state index in [9.17, 15) is 24.9 Å².